The fourth-order valence-electron chi connectivity index (χ4n) is 0.901. The molecule has 5 heteroatoms. The molecule has 0 atom stereocenters. The standard InChI is InChI=1S/C9H10O4S/c1-6(10)13-5-7-3-4-14-8(7)9(11)12-2/h3-4H,5H2,1-2H3. The monoisotopic (exact) mass is 214 g/mol. The lowest BCUT2D eigenvalue weighted by atomic mass is 10.3. The number of esters is 2. The smallest absolute Gasteiger partial charge is 0.348 e. The fraction of sp³-hybridized carbons (Fsp3) is 0.333. The van der Waals surface area contributed by atoms with E-state index in [2.05, 4.69) is 4.74 Å². The maximum Gasteiger partial charge on any atom is 0.348 e. The van der Waals surface area contributed by atoms with Crippen LogP contribution in [0.4, 0.5) is 0 Å². The molecule has 14 heavy (non-hydrogen) atoms. The van der Waals surface area contributed by atoms with Crippen LogP contribution in [0.3, 0.4) is 0 Å². The second-order valence-electron chi connectivity index (χ2n) is 2.55. The molecule has 0 aliphatic rings. The van der Waals surface area contributed by atoms with Gasteiger partial charge in [-0.2, -0.15) is 0 Å². The lowest BCUT2D eigenvalue weighted by Crippen LogP contribution is -2.05. The molecule has 0 aromatic carbocycles. The number of rotatable bonds is 3. The van der Waals surface area contributed by atoms with Crippen molar-refractivity contribution in [3.63, 3.8) is 0 Å². The van der Waals surface area contributed by atoms with E-state index < -0.39 is 5.97 Å². The summed E-state index contributed by atoms with van der Waals surface area (Å²) in [6.45, 7) is 1.44. The molecule has 1 rings (SSSR count). The van der Waals surface area contributed by atoms with Crippen molar-refractivity contribution in [3.8, 4) is 0 Å². The number of hydrogen-bond donors (Lipinski definition) is 0. The summed E-state index contributed by atoms with van der Waals surface area (Å²) >= 11 is 1.27. The summed E-state index contributed by atoms with van der Waals surface area (Å²) in [5, 5.41) is 1.76. The molecule has 0 fully saturated rings. The van der Waals surface area contributed by atoms with Crippen LogP contribution in [-0.4, -0.2) is 19.0 Å². The summed E-state index contributed by atoms with van der Waals surface area (Å²) in [6.07, 6.45) is 0. The summed E-state index contributed by atoms with van der Waals surface area (Å²) < 4.78 is 9.35. The van der Waals surface area contributed by atoms with E-state index in [-0.39, 0.29) is 12.6 Å². The van der Waals surface area contributed by atoms with Crippen molar-refractivity contribution in [2.45, 2.75) is 13.5 Å². The van der Waals surface area contributed by atoms with Gasteiger partial charge in [0.25, 0.3) is 0 Å². The Balaban J connectivity index is 2.72. The van der Waals surface area contributed by atoms with Crippen LogP contribution >= 0.6 is 11.3 Å². The zero-order chi connectivity index (χ0) is 10.6. The molecule has 0 saturated carbocycles. The Morgan fingerprint density at radius 3 is 2.79 bits per heavy atom. The van der Waals surface area contributed by atoms with Crippen molar-refractivity contribution >= 4 is 23.3 Å². The molecule has 76 valence electrons. The Kier molecular flexibility index (Phi) is 3.64. The predicted molar refractivity (Wildman–Crippen MR) is 51.1 cm³/mol. The Labute approximate surface area is 85.4 Å². The van der Waals surface area contributed by atoms with Gasteiger partial charge in [0.1, 0.15) is 11.5 Å². The van der Waals surface area contributed by atoms with Crippen LogP contribution in [0.1, 0.15) is 22.2 Å². The average Bonchev–Trinajstić information content (AvgIpc) is 2.61. The van der Waals surface area contributed by atoms with Gasteiger partial charge in [0.15, 0.2) is 0 Å². The minimum atomic E-state index is -0.401. The summed E-state index contributed by atoms with van der Waals surface area (Å²) in [7, 11) is 1.32. The van der Waals surface area contributed by atoms with Gasteiger partial charge in [-0.05, 0) is 11.4 Å². The molecule has 0 aliphatic carbocycles. The molecule has 0 unspecified atom stereocenters. The SMILES string of the molecule is COC(=O)c1sccc1COC(C)=O. The van der Waals surface area contributed by atoms with Gasteiger partial charge >= 0.3 is 11.9 Å². The lowest BCUT2D eigenvalue weighted by Gasteiger charge is -2.02. The second-order valence-corrected chi connectivity index (χ2v) is 3.46. The highest BCUT2D eigenvalue weighted by Crippen LogP contribution is 2.18. The highest BCUT2D eigenvalue weighted by atomic mass is 32.1. The highest BCUT2D eigenvalue weighted by Gasteiger charge is 2.13. The van der Waals surface area contributed by atoms with E-state index in [1.54, 1.807) is 11.4 Å². The number of methoxy groups -OCH3 is 1. The third kappa shape index (κ3) is 2.56. The molecular formula is C9H10O4S. The maximum atomic E-state index is 11.2. The molecule has 1 heterocycles. The van der Waals surface area contributed by atoms with Gasteiger partial charge in [-0.1, -0.05) is 0 Å². The molecule has 0 spiro atoms. The van der Waals surface area contributed by atoms with Gasteiger partial charge in [0.2, 0.25) is 0 Å². The van der Waals surface area contributed by atoms with E-state index in [9.17, 15) is 9.59 Å². The molecule has 0 amide bonds. The number of carbonyl (C=O) groups is 2. The molecule has 0 bridgehead atoms. The largest absolute Gasteiger partial charge is 0.465 e. The van der Waals surface area contributed by atoms with Crippen molar-refractivity contribution in [2.75, 3.05) is 7.11 Å². The minimum Gasteiger partial charge on any atom is -0.465 e. The fourth-order valence-corrected chi connectivity index (χ4v) is 1.73. The molecule has 4 nitrogen and oxygen atoms in total. The van der Waals surface area contributed by atoms with E-state index in [1.807, 2.05) is 0 Å². The molecule has 0 radical (unpaired) electrons. The van der Waals surface area contributed by atoms with E-state index >= 15 is 0 Å². The predicted octanol–water partition coefficient (Wildman–Crippen LogP) is 1.60. The van der Waals surface area contributed by atoms with Crippen LogP contribution < -0.4 is 0 Å². The van der Waals surface area contributed by atoms with Crippen LogP contribution in [0, 0.1) is 0 Å². The zero-order valence-electron chi connectivity index (χ0n) is 7.90. The van der Waals surface area contributed by atoms with Crippen molar-refractivity contribution < 1.29 is 19.1 Å². The molecular weight excluding hydrogens is 204 g/mol. The van der Waals surface area contributed by atoms with Gasteiger partial charge < -0.3 is 9.47 Å². The molecule has 1 aromatic heterocycles. The summed E-state index contributed by atoms with van der Waals surface area (Å²) in [5.41, 5.74) is 0.678. The lowest BCUT2D eigenvalue weighted by molar-refractivity contribution is -0.142. The van der Waals surface area contributed by atoms with Crippen LogP contribution in [0.5, 0.6) is 0 Å². The second kappa shape index (κ2) is 4.76. The van der Waals surface area contributed by atoms with E-state index in [1.165, 1.54) is 25.4 Å². The zero-order valence-corrected chi connectivity index (χ0v) is 8.72. The topological polar surface area (TPSA) is 52.6 Å². The van der Waals surface area contributed by atoms with Crippen molar-refractivity contribution in [1.82, 2.24) is 0 Å². The van der Waals surface area contributed by atoms with E-state index in [0.29, 0.717) is 10.4 Å². The summed E-state index contributed by atoms with van der Waals surface area (Å²) in [5.74, 6) is -0.769. The van der Waals surface area contributed by atoms with Crippen molar-refractivity contribution in [1.29, 1.82) is 0 Å². The normalized spacial score (nSPS) is 9.57. The maximum absolute atomic E-state index is 11.2. The first-order chi connectivity index (χ1) is 6.65. The molecule has 0 saturated heterocycles. The molecule has 0 N–H and O–H groups in total. The highest BCUT2D eigenvalue weighted by molar-refractivity contribution is 7.12. The van der Waals surface area contributed by atoms with Gasteiger partial charge in [-0.25, -0.2) is 4.79 Å². The first-order valence-corrected chi connectivity index (χ1v) is 4.81. The number of hydrogen-bond acceptors (Lipinski definition) is 5. The van der Waals surface area contributed by atoms with Gasteiger partial charge in [0, 0.05) is 12.5 Å². The third-order valence-corrected chi connectivity index (χ3v) is 2.49. The Morgan fingerprint density at radius 1 is 1.50 bits per heavy atom. The number of ether oxygens (including phenoxy) is 2. The third-order valence-electron chi connectivity index (χ3n) is 1.55. The van der Waals surface area contributed by atoms with Gasteiger partial charge in [0.05, 0.1) is 7.11 Å². The Hall–Kier alpha value is -1.36. The van der Waals surface area contributed by atoms with Crippen molar-refractivity contribution in [3.05, 3.63) is 21.9 Å². The van der Waals surface area contributed by atoms with Crippen molar-refractivity contribution in [2.24, 2.45) is 0 Å². The quantitative estimate of drug-likeness (QED) is 0.717. The number of carbonyl (C=O) groups excluding carboxylic acids is 2. The van der Waals surface area contributed by atoms with Crippen LogP contribution in [0.2, 0.25) is 0 Å². The minimum absolute atomic E-state index is 0.114. The van der Waals surface area contributed by atoms with E-state index in [0.717, 1.165) is 0 Å². The van der Waals surface area contributed by atoms with Crippen LogP contribution in [-0.2, 0) is 20.9 Å². The summed E-state index contributed by atoms with van der Waals surface area (Å²) in [4.78, 5) is 22.2. The first kappa shape index (κ1) is 10.7. The van der Waals surface area contributed by atoms with E-state index in [4.69, 9.17) is 4.74 Å². The van der Waals surface area contributed by atoms with Crippen LogP contribution in [0.25, 0.3) is 0 Å². The Bertz CT molecular complexity index is 342. The average molecular weight is 214 g/mol. The first-order valence-electron chi connectivity index (χ1n) is 3.93. The number of thiophene rings is 1. The van der Waals surface area contributed by atoms with Crippen LogP contribution in [0.15, 0.2) is 11.4 Å². The summed E-state index contributed by atoms with van der Waals surface area (Å²) in [6, 6.07) is 1.74. The van der Waals surface area contributed by atoms with Gasteiger partial charge in [-0.15, -0.1) is 11.3 Å². The van der Waals surface area contributed by atoms with Gasteiger partial charge in [-0.3, -0.25) is 4.79 Å². The Morgan fingerprint density at radius 2 is 2.21 bits per heavy atom. The molecule has 0 aliphatic heterocycles. The molecule has 1 aromatic rings.